The van der Waals surface area contributed by atoms with E-state index in [4.69, 9.17) is 4.74 Å². The fourth-order valence-electron chi connectivity index (χ4n) is 5.38. The van der Waals surface area contributed by atoms with Crippen LogP contribution in [0.25, 0.3) is 16.6 Å². The number of fused-ring (bicyclic) bond motifs is 2. The standard InChI is InChI=1S/C25H28N2O/c1-4-22(5-1)26-14-3-11-25(12-15-26)17-20-8-7-19(16-24(20)28-25)21-9-10-23-6-2-13-27(23)18-21/h2,6-10,13,16,18,22H,1,3-5,11-12,14-15,17H2. The maximum absolute atomic E-state index is 6.70. The Morgan fingerprint density at radius 3 is 2.75 bits per heavy atom. The Morgan fingerprint density at radius 2 is 1.86 bits per heavy atom. The van der Waals surface area contributed by atoms with Crippen molar-refractivity contribution in [3.8, 4) is 16.9 Å². The molecule has 144 valence electrons. The molecule has 6 rings (SSSR count). The molecule has 2 fully saturated rings. The monoisotopic (exact) mass is 372 g/mol. The maximum atomic E-state index is 6.70. The molecule has 1 unspecified atom stereocenters. The zero-order valence-electron chi connectivity index (χ0n) is 16.4. The van der Waals surface area contributed by atoms with E-state index in [2.05, 4.69) is 64.2 Å². The van der Waals surface area contributed by atoms with E-state index in [1.54, 1.807) is 0 Å². The van der Waals surface area contributed by atoms with Crippen LogP contribution in [0.1, 0.15) is 44.1 Å². The lowest BCUT2D eigenvalue weighted by Gasteiger charge is -2.37. The van der Waals surface area contributed by atoms with Crippen LogP contribution in [0.3, 0.4) is 0 Å². The molecule has 1 saturated carbocycles. The second-order valence-electron chi connectivity index (χ2n) is 9.02. The molecule has 1 aliphatic carbocycles. The number of pyridine rings is 1. The third-order valence-corrected chi connectivity index (χ3v) is 7.29. The van der Waals surface area contributed by atoms with Gasteiger partial charge in [0.25, 0.3) is 0 Å². The van der Waals surface area contributed by atoms with Gasteiger partial charge >= 0.3 is 0 Å². The first-order valence-corrected chi connectivity index (χ1v) is 10.9. The Kier molecular flexibility index (Phi) is 3.80. The van der Waals surface area contributed by atoms with E-state index in [-0.39, 0.29) is 5.60 Å². The molecule has 3 aromatic rings. The Morgan fingerprint density at radius 1 is 0.929 bits per heavy atom. The second-order valence-corrected chi connectivity index (χ2v) is 9.02. The van der Waals surface area contributed by atoms with Crippen LogP contribution in [0.15, 0.2) is 54.9 Å². The summed E-state index contributed by atoms with van der Waals surface area (Å²) in [6.07, 6.45) is 13.3. The molecule has 28 heavy (non-hydrogen) atoms. The Balaban J connectivity index is 1.25. The van der Waals surface area contributed by atoms with Crippen molar-refractivity contribution in [2.45, 2.75) is 56.6 Å². The van der Waals surface area contributed by atoms with Crippen molar-refractivity contribution in [1.29, 1.82) is 0 Å². The summed E-state index contributed by atoms with van der Waals surface area (Å²) in [5, 5.41) is 0. The molecule has 1 spiro atoms. The fourth-order valence-corrected chi connectivity index (χ4v) is 5.38. The van der Waals surface area contributed by atoms with Gasteiger partial charge in [-0.05, 0) is 73.2 Å². The lowest BCUT2D eigenvalue weighted by atomic mass is 9.89. The Hall–Kier alpha value is -2.26. The molecule has 3 aliphatic rings. The summed E-state index contributed by atoms with van der Waals surface area (Å²) in [6, 6.07) is 16.3. The van der Waals surface area contributed by atoms with Gasteiger partial charge in [0.05, 0.1) is 0 Å². The first kappa shape index (κ1) is 16.7. The van der Waals surface area contributed by atoms with Crippen molar-refractivity contribution < 1.29 is 4.74 Å². The van der Waals surface area contributed by atoms with Crippen molar-refractivity contribution in [2.75, 3.05) is 13.1 Å². The lowest BCUT2D eigenvalue weighted by molar-refractivity contribution is 0.0695. The molecule has 1 saturated heterocycles. The predicted octanol–water partition coefficient (Wildman–Crippen LogP) is 5.32. The first-order chi connectivity index (χ1) is 13.8. The van der Waals surface area contributed by atoms with Gasteiger partial charge in [0.15, 0.2) is 0 Å². The number of nitrogens with zero attached hydrogens (tertiary/aromatic N) is 2. The molecule has 3 heteroatoms. The number of aromatic nitrogens is 1. The van der Waals surface area contributed by atoms with E-state index in [0.29, 0.717) is 0 Å². The van der Waals surface area contributed by atoms with E-state index >= 15 is 0 Å². The SMILES string of the molecule is c1cc2ccc(-c3ccc4c(c3)OC3(CCCN(C5CCC5)CC3)C4)cn2c1. The molecule has 0 radical (unpaired) electrons. The summed E-state index contributed by atoms with van der Waals surface area (Å²) >= 11 is 0. The zero-order valence-corrected chi connectivity index (χ0v) is 16.4. The molecular formula is C25H28N2O. The van der Waals surface area contributed by atoms with Crippen LogP contribution in [0, 0.1) is 0 Å². The van der Waals surface area contributed by atoms with Gasteiger partial charge in [-0.3, -0.25) is 0 Å². The third-order valence-electron chi connectivity index (χ3n) is 7.29. The van der Waals surface area contributed by atoms with Gasteiger partial charge in [0, 0.05) is 43.3 Å². The van der Waals surface area contributed by atoms with Crippen LogP contribution < -0.4 is 4.74 Å². The van der Waals surface area contributed by atoms with Gasteiger partial charge in [-0.15, -0.1) is 0 Å². The number of rotatable bonds is 2. The van der Waals surface area contributed by atoms with Gasteiger partial charge in [-0.25, -0.2) is 0 Å². The highest BCUT2D eigenvalue weighted by Gasteiger charge is 2.41. The largest absolute Gasteiger partial charge is 0.487 e. The van der Waals surface area contributed by atoms with Crippen LogP contribution in [0.2, 0.25) is 0 Å². The molecule has 0 bridgehead atoms. The third kappa shape index (κ3) is 2.76. The maximum Gasteiger partial charge on any atom is 0.124 e. The number of hydrogen-bond acceptors (Lipinski definition) is 2. The molecule has 4 heterocycles. The molecule has 0 N–H and O–H groups in total. The van der Waals surface area contributed by atoms with Gasteiger partial charge < -0.3 is 14.0 Å². The number of benzene rings is 1. The van der Waals surface area contributed by atoms with Crippen LogP contribution in [-0.2, 0) is 6.42 Å². The molecule has 1 aromatic carbocycles. The second kappa shape index (κ2) is 6.38. The lowest BCUT2D eigenvalue weighted by Crippen LogP contribution is -2.42. The average Bonchev–Trinajstić information content (AvgIpc) is 3.22. The zero-order chi connectivity index (χ0) is 18.6. The first-order valence-electron chi connectivity index (χ1n) is 10.9. The molecule has 0 amide bonds. The van der Waals surface area contributed by atoms with Crippen molar-refractivity contribution in [2.24, 2.45) is 0 Å². The van der Waals surface area contributed by atoms with Crippen molar-refractivity contribution >= 4 is 5.52 Å². The summed E-state index contributed by atoms with van der Waals surface area (Å²) in [5.41, 5.74) is 5.14. The summed E-state index contributed by atoms with van der Waals surface area (Å²) in [7, 11) is 0. The quantitative estimate of drug-likeness (QED) is 0.606. The van der Waals surface area contributed by atoms with Crippen LogP contribution >= 0.6 is 0 Å². The van der Waals surface area contributed by atoms with Crippen molar-refractivity contribution in [3.63, 3.8) is 0 Å². The minimum Gasteiger partial charge on any atom is -0.487 e. The molecule has 1 atom stereocenters. The fraction of sp³-hybridized carbons (Fsp3) is 0.440. The van der Waals surface area contributed by atoms with Crippen LogP contribution in [-0.4, -0.2) is 34.0 Å². The van der Waals surface area contributed by atoms with Crippen molar-refractivity contribution in [3.05, 3.63) is 60.4 Å². The van der Waals surface area contributed by atoms with Crippen LogP contribution in [0.5, 0.6) is 5.75 Å². The van der Waals surface area contributed by atoms with E-state index in [0.717, 1.165) is 18.2 Å². The summed E-state index contributed by atoms with van der Waals surface area (Å²) in [5.74, 6) is 1.11. The number of ether oxygens (including phenoxy) is 1. The topological polar surface area (TPSA) is 16.9 Å². The Bertz CT molecular complexity index is 1020. The van der Waals surface area contributed by atoms with E-state index in [1.807, 2.05) is 0 Å². The number of hydrogen-bond donors (Lipinski definition) is 0. The highest BCUT2D eigenvalue weighted by molar-refractivity contribution is 5.68. The minimum absolute atomic E-state index is 0.0316. The molecule has 2 aliphatic heterocycles. The van der Waals surface area contributed by atoms with E-state index < -0.39 is 0 Å². The summed E-state index contributed by atoms with van der Waals surface area (Å²) < 4.78 is 8.88. The highest BCUT2D eigenvalue weighted by Crippen LogP contribution is 2.43. The summed E-state index contributed by atoms with van der Waals surface area (Å²) in [6.45, 7) is 2.46. The van der Waals surface area contributed by atoms with Gasteiger partial charge in [-0.2, -0.15) is 0 Å². The average molecular weight is 373 g/mol. The highest BCUT2D eigenvalue weighted by atomic mass is 16.5. The predicted molar refractivity (Wildman–Crippen MR) is 113 cm³/mol. The Labute approximate surface area is 166 Å². The number of likely N-dealkylation sites (tertiary alicyclic amines) is 1. The van der Waals surface area contributed by atoms with Gasteiger partial charge in [-0.1, -0.05) is 24.6 Å². The molecular weight excluding hydrogens is 344 g/mol. The minimum atomic E-state index is 0.0316. The van der Waals surface area contributed by atoms with Gasteiger partial charge in [0.1, 0.15) is 11.4 Å². The van der Waals surface area contributed by atoms with E-state index in [9.17, 15) is 0 Å². The van der Waals surface area contributed by atoms with Crippen LogP contribution in [0.4, 0.5) is 0 Å². The van der Waals surface area contributed by atoms with Gasteiger partial charge in [0.2, 0.25) is 0 Å². The summed E-state index contributed by atoms with van der Waals surface area (Å²) in [4.78, 5) is 2.74. The van der Waals surface area contributed by atoms with E-state index in [1.165, 1.54) is 73.8 Å². The smallest absolute Gasteiger partial charge is 0.124 e. The normalized spacial score (nSPS) is 25.4. The molecule has 3 nitrogen and oxygen atoms in total. The molecule has 2 aromatic heterocycles. The van der Waals surface area contributed by atoms with Crippen molar-refractivity contribution in [1.82, 2.24) is 9.30 Å².